The molecule has 0 N–H and O–H groups in total. The molecule has 0 aliphatic rings. The molecule has 0 fully saturated rings. The summed E-state index contributed by atoms with van der Waals surface area (Å²) < 4.78 is 9.56. The van der Waals surface area contributed by atoms with Gasteiger partial charge in [-0.2, -0.15) is 15.0 Å². The molecule has 0 unspecified atom stereocenters. The third-order valence-electron chi connectivity index (χ3n) is 5.20. The average molecular weight is 659 g/mol. The lowest BCUT2D eigenvalue weighted by Gasteiger charge is -2.13. The lowest BCUT2D eigenvalue weighted by Crippen LogP contribution is -2.23. The number of halogens is 3. The van der Waals surface area contributed by atoms with Crippen molar-refractivity contribution in [3.8, 4) is 11.8 Å². The van der Waals surface area contributed by atoms with E-state index < -0.39 is 0 Å². The summed E-state index contributed by atoms with van der Waals surface area (Å²) in [5.41, 5.74) is 2.54. The third kappa shape index (κ3) is 5.56. The monoisotopic (exact) mass is 656 g/mol. The summed E-state index contributed by atoms with van der Waals surface area (Å²) in [7, 11) is 0. The molecule has 0 saturated heterocycles. The fourth-order valence-electron chi connectivity index (χ4n) is 3.47. The van der Waals surface area contributed by atoms with Crippen molar-refractivity contribution in [3.63, 3.8) is 0 Å². The van der Waals surface area contributed by atoms with E-state index in [1.165, 1.54) is 4.68 Å². The standard InChI is InChI=1S/C26H19Br3N4O2/c1-15(2)25-32-23-8-7-19(27)11-20(23)26(34)33(25)31-13-16-9-21(28)24(22(29)10-16)35-14-18-6-4-3-5-17(18)12-30/h3-11,13,15H,14H2,1-2H3. The first-order chi connectivity index (χ1) is 16.8. The number of aromatic nitrogens is 2. The van der Waals surface area contributed by atoms with E-state index >= 15 is 0 Å². The number of rotatable bonds is 6. The maximum atomic E-state index is 13.2. The van der Waals surface area contributed by atoms with Crippen LogP contribution in [0.5, 0.6) is 5.75 Å². The van der Waals surface area contributed by atoms with Crippen molar-refractivity contribution < 1.29 is 4.74 Å². The smallest absolute Gasteiger partial charge is 0.282 e. The van der Waals surface area contributed by atoms with Crippen LogP contribution in [0, 0.1) is 11.3 Å². The first-order valence-electron chi connectivity index (χ1n) is 10.6. The lowest BCUT2D eigenvalue weighted by atomic mass is 10.1. The van der Waals surface area contributed by atoms with E-state index in [9.17, 15) is 10.1 Å². The lowest BCUT2D eigenvalue weighted by molar-refractivity contribution is 0.302. The number of hydrogen-bond acceptors (Lipinski definition) is 5. The minimum Gasteiger partial charge on any atom is -0.486 e. The molecule has 0 aliphatic heterocycles. The van der Waals surface area contributed by atoms with Gasteiger partial charge in [-0.3, -0.25) is 4.79 Å². The van der Waals surface area contributed by atoms with Crippen molar-refractivity contribution in [3.05, 3.63) is 101 Å². The van der Waals surface area contributed by atoms with E-state index in [-0.39, 0.29) is 18.1 Å². The number of fused-ring (bicyclic) bond motifs is 1. The fraction of sp³-hybridized carbons (Fsp3) is 0.154. The van der Waals surface area contributed by atoms with Crippen LogP contribution in [0.15, 0.2) is 77.9 Å². The second kappa shape index (κ2) is 10.9. The van der Waals surface area contributed by atoms with Gasteiger partial charge in [-0.25, -0.2) is 4.98 Å². The van der Waals surface area contributed by atoms with Crippen LogP contribution in [0.3, 0.4) is 0 Å². The number of nitrogens with zero attached hydrogens (tertiary/aromatic N) is 4. The number of hydrogen-bond donors (Lipinski definition) is 0. The number of nitriles is 1. The zero-order valence-corrected chi connectivity index (χ0v) is 23.6. The van der Waals surface area contributed by atoms with Crippen molar-refractivity contribution in [2.24, 2.45) is 5.10 Å². The summed E-state index contributed by atoms with van der Waals surface area (Å²) in [5, 5.41) is 14.3. The zero-order valence-electron chi connectivity index (χ0n) is 18.8. The molecule has 35 heavy (non-hydrogen) atoms. The molecule has 4 rings (SSSR count). The van der Waals surface area contributed by atoms with Gasteiger partial charge in [-0.15, -0.1) is 0 Å². The molecule has 6 nitrogen and oxygen atoms in total. The molecule has 0 amide bonds. The van der Waals surface area contributed by atoms with Gasteiger partial charge in [0.2, 0.25) is 0 Å². The van der Waals surface area contributed by atoms with Crippen LogP contribution in [-0.4, -0.2) is 15.9 Å². The molecular formula is C26H19Br3N4O2. The van der Waals surface area contributed by atoms with Crippen LogP contribution in [0.4, 0.5) is 0 Å². The maximum Gasteiger partial charge on any atom is 0.282 e. The molecule has 9 heteroatoms. The summed E-state index contributed by atoms with van der Waals surface area (Å²) in [5.74, 6) is 1.18. The van der Waals surface area contributed by atoms with Crippen LogP contribution < -0.4 is 10.3 Å². The topological polar surface area (TPSA) is 80.3 Å². The molecule has 3 aromatic carbocycles. The van der Waals surface area contributed by atoms with Crippen LogP contribution in [0.2, 0.25) is 0 Å². The second-order valence-electron chi connectivity index (χ2n) is 8.02. The van der Waals surface area contributed by atoms with E-state index in [1.807, 2.05) is 56.3 Å². The van der Waals surface area contributed by atoms with E-state index in [4.69, 9.17) is 4.74 Å². The normalized spacial score (nSPS) is 11.3. The highest BCUT2D eigenvalue weighted by Gasteiger charge is 2.14. The first kappa shape index (κ1) is 25.3. The molecule has 0 bridgehead atoms. The summed E-state index contributed by atoms with van der Waals surface area (Å²) in [6.07, 6.45) is 1.61. The van der Waals surface area contributed by atoms with Gasteiger partial charge < -0.3 is 4.74 Å². The predicted octanol–water partition coefficient (Wildman–Crippen LogP) is 7.14. The highest BCUT2D eigenvalue weighted by molar-refractivity contribution is 9.11. The van der Waals surface area contributed by atoms with E-state index in [0.29, 0.717) is 37.0 Å². The van der Waals surface area contributed by atoms with Crippen molar-refractivity contribution in [1.82, 2.24) is 9.66 Å². The number of ether oxygens (including phenoxy) is 1. The molecule has 0 atom stereocenters. The van der Waals surface area contributed by atoms with Gasteiger partial charge in [-0.1, -0.05) is 48.0 Å². The predicted molar refractivity (Wildman–Crippen MR) is 148 cm³/mol. The third-order valence-corrected chi connectivity index (χ3v) is 6.87. The molecule has 1 aromatic heterocycles. The van der Waals surface area contributed by atoms with Crippen LogP contribution >= 0.6 is 47.8 Å². The van der Waals surface area contributed by atoms with E-state index in [2.05, 4.69) is 63.9 Å². The Morgan fingerprint density at radius 3 is 2.51 bits per heavy atom. The Hall–Kier alpha value is -2.80. The summed E-state index contributed by atoms with van der Waals surface area (Å²) in [6, 6.07) is 18.6. The number of benzene rings is 3. The first-order valence-corrected chi connectivity index (χ1v) is 13.0. The largest absolute Gasteiger partial charge is 0.486 e. The molecule has 4 aromatic rings. The SMILES string of the molecule is CC(C)c1nc2ccc(Br)cc2c(=O)n1N=Cc1cc(Br)c(OCc2ccccc2C#N)c(Br)c1. The Morgan fingerprint density at radius 2 is 1.83 bits per heavy atom. The Bertz CT molecular complexity index is 1530. The molecule has 0 aliphatic carbocycles. The molecule has 176 valence electrons. The van der Waals surface area contributed by atoms with Crippen molar-refractivity contribution >= 4 is 64.9 Å². The van der Waals surface area contributed by atoms with Crippen LogP contribution in [0.1, 0.15) is 42.3 Å². The summed E-state index contributed by atoms with van der Waals surface area (Å²) in [6.45, 7) is 4.20. The van der Waals surface area contributed by atoms with Gasteiger partial charge in [0.1, 0.15) is 18.2 Å². The van der Waals surface area contributed by atoms with Gasteiger partial charge in [0.25, 0.3) is 5.56 Å². The summed E-state index contributed by atoms with van der Waals surface area (Å²) >= 11 is 10.5. The fourth-order valence-corrected chi connectivity index (χ4v) is 5.28. The summed E-state index contributed by atoms with van der Waals surface area (Å²) in [4.78, 5) is 17.9. The highest BCUT2D eigenvalue weighted by Crippen LogP contribution is 2.35. The maximum absolute atomic E-state index is 13.2. The van der Waals surface area contributed by atoms with E-state index in [1.54, 1.807) is 18.3 Å². The molecule has 0 saturated carbocycles. The Morgan fingerprint density at radius 1 is 1.11 bits per heavy atom. The van der Waals surface area contributed by atoms with Gasteiger partial charge in [0.15, 0.2) is 0 Å². The minimum atomic E-state index is -0.231. The van der Waals surface area contributed by atoms with Gasteiger partial charge in [0, 0.05) is 16.0 Å². The van der Waals surface area contributed by atoms with Crippen molar-refractivity contribution in [2.45, 2.75) is 26.4 Å². The van der Waals surface area contributed by atoms with Crippen LogP contribution in [-0.2, 0) is 6.61 Å². The highest BCUT2D eigenvalue weighted by atomic mass is 79.9. The van der Waals surface area contributed by atoms with Crippen LogP contribution in [0.25, 0.3) is 10.9 Å². The van der Waals surface area contributed by atoms with Crippen molar-refractivity contribution in [2.75, 3.05) is 0 Å². The average Bonchev–Trinajstić information content (AvgIpc) is 2.83. The second-order valence-corrected chi connectivity index (χ2v) is 10.6. The Kier molecular flexibility index (Phi) is 7.85. The zero-order chi connectivity index (χ0) is 25.1. The molecular weight excluding hydrogens is 640 g/mol. The van der Waals surface area contributed by atoms with Gasteiger partial charge in [-0.05, 0) is 73.8 Å². The van der Waals surface area contributed by atoms with E-state index in [0.717, 1.165) is 15.6 Å². The minimum absolute atomic E-state index is 0.00145. The Labute approximate surface area is 227 Å². The van der Waals surface area contributed by atoms with Gasteiger partial charge >= 0.3 is 0 Å². The molecule has 0 spiro atoms. The molecule has 0 radical (unpaired) electrons. The van der Waals surface area contributed by atoms with Crippen molar-refractivity contribution in [1.29, 1.82) is 5.26 Å². The molecule has 1 heterocycles. The quantitative estimate of drug-likeness (QED) is 0.206. The Balaban J connectivity index is 1.66. The van der Waals surface area contributed by atoms with Gasteiger partial charge in [0.05, 0.1) is 37.7 Å².